The summed E-state index contributed by atoms with van der Waals surface area (Å²) in [4.78, 5) is 23.8. The van der Waals surface area contributed by atoms with E-state index in [0.29, 0.717) is 0 Å². The van der Waals surface area contributed by atoms with E-state index in [4.69, 9.17) is 0 Å². The van der Waals surface area contributed by atoms with Gasteiger partial charge in [0.05, 0.1) is 0 Å². The van der Waals surface area contributed by atoms with Gasteiger partial charge in [0.25, 0.3) is 0 Å². The van der Waals surface area contributed by atoms with Gasteiger partial charge in [-0.15, -0.1) is 0 Å². The van der Waals surface area contributed by atoms with Crippen LogP contribution >= 0.6 is 0 Å². The molecular weight excluding hydrogens is 166 g/mol. The van der Waals surface area contributed by atoms with Crippen molar-refractivity contribution in [3.63, 3.8) is 0 Å². The zero-order chi connectivity index (χ0) is 9.84. The average Bonchev–Trinajstić information content (AvgIpc) is 2.17. The third-order valence-corrected chi connectivity index (χ3v) is 2.76. The van der Waals surface area contributed by atoms with Crippen LogP contribution < -0.4 is 0 Å². The third kappa shape index (κ3) is 2.54. The van der Waals surface area contributed by atoms with E-state index in [1.54, 1.807) is 7.05 Å². The lowest BCUT2D eigenvalue weighted by molar-refractivity contribution is -0.145. The minimum Gasteiger partial charge on any atom is -0.286 e. The van der Waals surface area contributed by atoms with Gasteiger partial charge in [0, 0.05) is 19.9 Å². The lowest BCUT2D eigenvalue weighted by Gasteiger charge is -2.24. The van der Waals surface area contributed by atoms with Crippen molar-refractivity contribution in [1.82, 2.24) is 4.90 Å². The first kappa shape index (κ1) is 10.2. The molecule has 13 heavy (non-hydrogen) atoms. The molecule has 3 heteroatoms. The molecule has 0 spiro atoms. The Morgan fingerprint density at radius 1 is 1.15 bits per heavy atom. The highest BCUT2D eigenvalue weighted by Gasteiger charge is 2.25. The van der Waals surface area contributed by atoms with Crippen LogP contribution in [0.25, 0.3) is 0 Å². The van der Waals surface area contributed by atoms with Crippen molar-refractivity contribution in [1.29, 1.82) is 0 Å². The molecule has 1 aliphatic rings. The Morgan fingerprint density at radius 3 is 2.15 bits per heavy atom. The molecule has 1 rings (SSSR count). The van der Waals surface area contributed by atoms with Gasteiger partial charge in [0.15, 0.2) is 0 Å². The summed E-state index contributed by atoms with van der Waals surface area (Å²) < 4.78 is 0. The van der Waals surface area contributed by atoms with E-state index in [2.05, 4.69) is 0 Å². The van der Waals surface area contributed by atoms with Crippen LogP contribution in [0, 0.1) is 5.92 Å². The molecular formula is C10H17NO2. The molecule has 3 nitrogen and oxygen atoms in total. The highest BCUT2D eigenvalue weighted by Crippen LogP contribution is 2.24. The summed E-state index contributed by atoms with van der Waals surface area (Å²) in [7, 11) is 1.57. The zero-order valence-corrected chi connectivity index (χ0v) is 8.38. The fraction of sp³-hybridized carbons (Fsp3) is 0.800. The van der Waals surface area contributed by atoms with Crippen LogP contribution in [0.2, 0.25) is 0 Å². The van der Waals surface area contributed by atoms with Gasteiger partial charge in [0.2, 0.25) is 11.8 Å². The smallest absolute Gasteiger partial charge is 0.232 e. The summed E-state index contributed by atoms with van der Waals surface area (Å²) in [6.07, 6.45) is 5.39. The van der Waals surface area contributed by atoms with Gasteiger partial charge in [-0.3, -0.25) is 14.5 Å². The molecule has 74 valence electrons. The van der Waals surface area contributed by atoms with E-state index < -0.39 is 0 Å². The Hall–Kier alpha value is -0.860. The summed E-state index contributed by atoms with van der Waals surface area (Å²) >= 11 is 0. The van der Waals surface area contributed by atoms with Crippen LogP contribution in [-0.4, -0.2) is 23.8 Å². The molecule has 0 heterocycles. The van der Waals surface area contributed by atoms with Crippen molar-refractivity contribution < 1.29 is 9.59 Å². The second-order valence-corrected chi connectivity index (χ2v) is 3.75. The van der Waals surface area contributed by atoms with Crippen molar-refractivity contribution >= 4 is 11.8 Å². The molecule has 0 saturated heterocycles. The average molecular weight is 183 g/mol. The molecule has 0 bridgehead atoms. The predicted octanol–water partition coefficient (Wildman–Crippen LogP) is 1.57. The highest BCUT2D eigenvalue weighted by molar-refractivity contribution is 5.94. The molecule has 0 unspecified atom stereocenters. The SMILES string of the molecule is CC(=O)N(C)C(=O)C1CCCCC1. The number of hydrogen-bond acceptors (Lipinski definition) is 2. The Labute approximate surface area is 79.1 Å². The number of carbonyl (C=O) groups excluding carboxylic acids is 2. The Kier molecular flexibility index (Phi) is 3.46. The third-order valence-electron chi connectivity index (χ3n) is 2.76. The number of hydrogen-bond donors (Lipinski definition) is 0. The molecule has 2 amide bonds. The molecule has 0 atom stereocenters. The quantitative estimate of drug-likeness (QED) is 0.618. The van der Waals surface area contributed by atoms with Crippen molar-refractivity contribution in [3.8, 4) is 0 Å². The van der Waals surface area contributed by atoms with Gasteiger partial charge >= 0.3 is 0 Å². The van der Waals surface area contributed by atoms with Gasteiger partial charge in [-0.05, 0) is 12.8 Å². The maximum absolute atomic E-state index is 11.6. The summed E-state index contributed by atoms with van der Waals surface area (Å²) in [6.45, 7) is 1.43. The van der Waals surface area contributed by atoms with E-state index in [-0.39, 0.29) is 17.7 Å². The first-order valence-electron chi connectivity index (χ1n) is 4.91. The molecule has 0 N–H and O–H groups in total. The first-order chi connectivity index (χ1) is 6.13. The highest BCUT2D eigenvalue weighted by atomic mass is 16.2. The molecule has 1 aliphatic carbocycles. The van der Waals surface area contributed by atoms with Gasteiger partial charge in [-0.2, -0.15) is 0 Å². The Bertz CT molecular complexity index is 207. The summed E-state index contributed by atoms with van der Waals surface area (Å²) in [6, 6.07) is 0. The van der Waals surface area contributed by atoms with Gasteiger partial charge in [0.1, 0.15) is 0 Å². The fourth-order valence-electron chi connectivity index (χ4n) is 1.78. The predicted molar refractivity (Wildman–Crippen MR) is 50.0 cm³/mol. The van der Waals surface area contributed by atoms with Crippen molar-refractivity contribution in [2.75, 3.05) is 7.05 Å². The van der Waals surface area contributed by atoms with Crippen LogP contribution in [0.5, 0.6) is 0 Å². The van der Waals surface area contributed by atoms with E-state index in [1.165, 1.54) is 18.2 Å². The monoisotopic (exact) mass is 183 g/mol. The normalized spacial score (nSPS) is 18.3. The van der Waals surface area contributed by atoms with Crippen LogP contribution in [0.4, 0.5) is 0 Å². The number of imide groups is 1. The Morgan fingerprint density at radius 2 is 1.69 bits per heavy atom. The van der Waals surface area contributed by atoms with Crippen molar-refractivity contribution in [3.05, 3.63) is 0 Å². The molecule has 0 aromatic heterocycles. The van der Waals surface area contributed by atoms with E-state index in [9.17, 15) is 9.59 Å². The van der Waals surface area contributed by atoms with E-state index in [1.807, 2.05) is 0 Å². The maximum Gasteiger partial charge on any atom is 0.232 e. The largest absolute Gasteiger partial charge is 0.286 e. The molecule has 0 aromatic rings. The molecule has 0 radical (unpaired) electrons. The number of rotatable bonds is 1. The lowest BCUT2D eigenvalue weighted by atomic mass is 9.88. The minimum absolute atomic E-state index is 0.00667. The van der Waals surface area contributed by atoms with Gasteiger partial charge in [-0.25, -0.2) is 0 Å². The van der Waals surface area contributed by atoms with E-state index >= 15 is 0 Å². The second-order valence-electron chi connectivity index (χ2n) is 3.75. The van der Waals surface area contributed by atoms with Crippen molar-refractivity contribution in [2.24, 2.45) is 5.92 Å². The summed E-state index contributed by atoms with van der Waals surface area (Å²) in [5.41, 5.74) is 0. The zero-order valence-electron chi connectivity index (χ0n) is 8.38. The topological polar surface area (TPSA) is 37.4 Å². The molecule has 1 fully saturated rings. The number of amides is 2. The van der Waals surface area contributed by atoms with Crippen molar-refractivity contribution in [2.45, 2.75) is 39.0 Å². The van der Waals surface area contributed by atoms with Crippen LogP contribution in [0.15, 0.2) is 0 Å². The maximum atomic E-state index is 11.6. The van der Waals surface area contributed by atoms with Crippen LogP contribution in [0.1, 0.15) is 39.0 Å². The van der Waals surface area contributed by atoms with Gasteiger partial charge < -0.3 is 0 Å². The number of carbonyl (C=O) groups is 2. The summed E-state index contributed by atoms with van der Waals surface area (Å²) in [5.74, 6) is -0.0505. The fourth-order valence-corrected chi connectivity index (χ4v) is 1.78. The Balaban J connectivity index is 2.50. The minimum atomic E-state index is -0.157. The van der Waals surface area contributed by atoms with Gasteiger partial charge in [-0.1, -0.05) is 19.3 Å². The van der Waals surface area contributed by atoms with E-state index in [0.717, 1.165) is 25.7 Å². The summed E-state index contributed by atoms with van der Waals surface area (Å²) in [5, 5.41) is 0. The molecule has 1 saturated carbocycles. The standard InChI is InChI=1S/C10H17NO2/c1-8(12)11(2)10(13)9-6-4-3-5-7-9/h9H,3-7H2,1-2H3. The van der Waals surface area contributed by atoms with Crippen LogP contribution in [-0.2, 0) is 9.59 Å². The molecule has 0 aliphatic heterocycles. The first-order valence-corrected chi connectivity index (χ1v) is 4.91. The second kappa shape index (κ2) is 4.40. The number of nitrogens with zero attached hydrogens (tertiary/aromatic N) is 1. The molecule has 0 aromatic carbocycles. The lowest BCUT2D eigenvalue weighted by Crippen LogP contribution is -2.36. The van der Waals surface area contributed by atoms with Crippen LogP contribution in [0.3, 0.4) is 0 Å².